The van der Waals surface area contributed by atoms with E-state index in [4.69, 9.17) is 4.74 Å². The first kappa shape index (κ1) is 11.9. The quantitative estimate of drug-likeness (QED) is 0.673. The maximum Gasteiger partial charge on any atom is 0.151 e. The van der Waals surface area contributed by atoms with Crippen molar-refractivity contribution < 1.29 is 13.2 Å². The smallest absolute Gasteiger partial charge is 0.151 e. The molecule has 4 nitrogen and oxygen atoms in total. The third-order valence-corrected chi connectivity index (χ3v) is 4.17. The predicted octanol–water partition coefficient (Wildman–Crippen LogP) is 0.190. The number of sulfone groups is 1. The highest BCUT2D eigenvalue weighted by atomic mass is 32.2. The Morgan fingerprint density at radius 3 is 2.93 bits per heavy atom. The van der Waals surface area contributed by atoms with E-state index in [1.165, 1.54) is 0 Å². The molecule has 1 saturated heterocycles. The molecule has 0 radical (unpaired) electrons. The van der Waals surface area contributed by atoms with Crippen molar-refractivity contribution >= 4 is 9.84 Å². The summed E-state index contributed by atoms with van der Waals surface area (Å²) >= 11 is 0. The average molecular weight is 221 g/mol. The van der Waals surface area contributed by atoms with Crippen LogP contribution in [0.15, 0.2) is 0 Å². The zero-order chi connectivity index (χ0) is 10.4. The zero-order valence-electron chi connectivity index (χ0n) is 8.66. The summed E-state index contributed by atoms with van der Waals surface area (Å²) in [6, 6.07) is 0.134. The van der Waals surface area contributed by atoms with E-state index in [1.54, 1.807) is 0 Å². The maximum atomic E-state index is 11.3. The molecule has 1 unspecified atom stereocenters. The van der Waals surface area contributed by atoms with Crippen LogP contribution >= 0.6 is 0 Å². The summed E-state index contributed by atoms with van der Waals surface area (Å²) in [5, 5.41) is 3.21. The van der Waals surface area contributed by atoms with Crippen molar-refractivity contribution in [3.05, 3.63) is 0 Å². The second-order valence-corrected chi connectivity index (χ2v) is 5.83. The average Bonchev–Trinajstić information content (AvgIpc) is 2.11. The molecular formula is C9H19NO3S. The monoisotopic (exact) mass is 221 g/mol. The van der Waals surface area contributed by atoms with Crippen molar-refractivity contribution in [2.24, 2.45) is 0 Å². The molecule has 0 amide bonds. The van der Waals surface area contributed by atoms with Crippen molar-refractivity contribution in [1.82, 2.24) is 5.32 Å². The summed E-state index contributed by atoms with van der Waals surface area (Å²) in [5.74, 6) is 0.649. The van der Waals surface area contributed by atoms with E-state index < -0.39 is 9.84 Å². The van der Waals surface area contributed by atoms with Gasteiger partial charge in [0.1, 0.15) is 0 Å². The van der Waals surface area contributed by atoms with Crippen LogP contribution in [0.1, 0.15) is 19.8 Å². The van der Waals surface area contributed by atoms with E-state index in [0.29, 0.717) is 24.7 Å². The predicted molar refractivity (Wildman–Crippen MR) is 56.2 cm³/mol. The molecule has 0 bridgehead atoms. The molecule has 0 spiro atoms. The van der Waals surface area contributed by atoms with E-state index in [-0.39, 0.29) is 6.04 Å². The van der Waals surface area contributed by atoms with E-state index in [9.17, 15) is 8.42 Å². The zero-order valence-corrected chi connectivity index (χ0v) is 9.48. The molecule has 0 aliphatic carbocycles. The standard InChI is InChI=1S/C9H19NO3S/c1-2-13-6-5-10-9-4-3-7-14(11,12)8-9/h9-10H,2-8H2,1H3. The van der Waals surface area contributed by atoms with Crippen LogP contribution in [-0.2, 0) is 14.6 Å². The minimum atomic E-state index is -2.78. The van der Waals surface area contributed by atoms with E-state index >= 15 is 0 Å². The second-order valence-electron chi connectivity index (χ2n) is 3.60. The van der Waals surface area contributed by atoms with Crippen LogP contribution in [-0.4, -0.2) is 45.7 Å². The highest BCUT2D eigenvalue weighted by Gasteiger charge is 2.23. The fraction of sp³-hybridized carbons (Fsp3) is 1.00. The van der Waals surface area contributed by atoms with Gasteiger partial charge in [0.05, 0.1) is 18.1 Å². The maximum absolute atomic E-state index is 11.3. The summed E-state index contributed by atoms with van der Waals surface area (Å²) in [6.45, 7) is 4.07. The van der Waals surface area contributed by atoms with E-state index in [1.807, 2.05) is 6.92 Å². The second kappa shape index (κ2) is 5.68. The number of hydrogen-bond donors (Lipinski definition) is 1. The fourth-order valence-electron chi connectivity index (χ4n) is 1.66. The Balaban J connectivity index is 2.18. The number of rotatable bonds is 5. The summed E-state index contributed by atoms with van der Waals surface area (Å²) < 4.78 is 27.7. The van der Waals surface area contributed by atoms with Crippen LogP contribution in [0.4, 0.5) is 0 Å². The molecule has 0 aromatic heterocycles. The first-order valence-electron chi connectivity index (χ1n) is 5.15. The first-order chi connectivity index (χ1) is 6.64. The van der Waals surface area contributed by atoms with Crippen molar-refractivity contribution in [3.8, 4) is 0 Å². The highest BCUT2D eigenvalue weighted by molar-refractivity contribution is 7.91. The Morgan fingerprint density at radius 1 is 1.50 bits per heavy atom. The Hall–Kier alpha value is -0.130. The fourth-order valence-corrected chi connectivity index (χ4v) is 3.33. The van der Waals surface area contributed by atoms with Gasteiger partial charge in [-0.2, -0.15) is 0 Å². The summed E-state index contributed by atoms with van der Waals surface area (Å²) in [7, 11) is -2.78. The topological polar surface area (TPSA) is 55.4 Å². The van der Waals surface area contributed by atoms with Crippen molar-refractivity contribution in [2.75, 3.05) is 31.3 Å². The summed E-state index contributed by atoms with van der Waals surface area (Å²) in [6.07, 6.45) is 1.75. The molecule has 84 valence electrons. The van der Waals surface area contributed by atoms with Gasteiger partial charge >= 0.3 is 0 Å². The van der Waals surface area contributed by atoms with Gasteiger partial charge in [-0.15, -0.1) is 0 Å². The Kier molecular flexibility index (Phi) is 4.84. The molecule has 1 fully saturated rings. The van der Waals surface area contributed by atoms with Gasteiger partial charge in [0.25, 0.3) is 0 Å². The molecule has 0 aromatic rings. The van der Waals surface area contributed by atoms with Crippen LogP contribution < -0.4 is 5.32 Å². The molecule has 0 aromatic carbocycles. The van der Waals surface area contributed by atoms with Gasteiger partial charge in [-0.3, -0.25) is 0 Å². The Bertz CT molecular complexity index is 251. The van der Waals surface area contributed by atoms with Crippen LogP contribution in [0.5, 0.6) is 0 Å². The Morgan fingerprint density at radius 2 is 2.29 bits per heavy atom. The summed E-state index contributed by atoms with van der Waals surface area (Å²) in [4.78, 5) is 0. The van der Waals surface area contributed by atoms with Crippen LogP contribution in [0.2, 0.25) is 0 Å². The van der Waals surface area contributed by atoms with Crippen LogP contribution in [0.3, 0.4) is 0 Å². The van der Waals surface area contributed by atoms with Gasteiger partial charge in [0.2, 0.25) is 0 Å². The van der Waals surface area contributed by atoms with Crippen molar-refractivity contribution in [2.45, 2.75) is 25.8 Å². The molecule has 1 N–H and O–H groups in total. The normalized spacial score (nSPS) is 26.2. The third kappa shape index (κ3) is 4.39. The molecule has 1 atom stereocenters. The van der Waals surface area contributed by atoms with E-state index in [2.05, 4.69) is 5.32 Å². The lowest BCUT2D eigenvalue weighted by molar-refractivity contribution is 0.147. The highest BCUT2D eigenvalue weighted by Crippen LogP contribution is 2.11. The van der Waals surface area contributed by atoms with Crippen molar-refractivity contribution in [3.63, 3.8) is 0 Å². The van der Waals surface area contributed by atoms with E-state index in [0.717, 1.165) is 19.4 Å². The first-order valence-corrected chi connectivity index (χ1v) is 6.98. The van der Waals surface area contributed by atoms with Gasteiger partial charge < -0.3 is 10.1 Å². The van der Waals surface area contributed by atoms with Gasteiger partial charge in [0, 0.05) is 19.2 Å². The van der Waals surface area contributed by atoms with Crippen molar-refractivity contribution in [1.29, 1.82) is 0 Å². The summed E-state index contributed by atoms with van der Waals surface area (Å²) in [5.41, 5.74) is 0. The van der Waals surface area contributed by atoms with Gasteiger partial charge in [-0.05, 0) is 19.8 Å². The molecule has 5 heteroatoms. The van der Waals surface area contributed by atoms with Gasteiger partial charge in [0.15, 0.2) is 9.84 Å². The largest absolute Gasteiger partial charge is 0.380 e. The molecule has 0 saturated carbocycles. The third-order valence-electron chi connectivity index (χ3n) is 2.35. The molecular weight excluding hydrogens is 202 g/mol. The lowest BCUT2D eigenvalue weighted by Gasteiger charge is -2.22. The minimum absolute atomic E-state index is 0.134. The lowest BCUT2D eigenvalue weighted by Crippen LogP contribution is -2.41. The van der Waals surface area contributed by atoms with Gasteiger partial charge in [-0.25, -0.2) is 8.42 Å². The lowest BCUT2D eigenvalue weighted by atomic mass is 10.2. The van der Waals surface area contributed by atoms with Crippen LogP contribution in [0.25, 0.3) is 0 Å². The van der Waals surface area contributed by atoms with Crippen LogP contribution in [0, 0.1) is 0 Å². The molecule has 1 rings (SSSR count). The molecule has 1 aliphatic rings. The molecule has 1 aliphatic heterocycles. The van der Waals surface area contributed by atoms with Gasteiger partial charge in [-0.1, -0.05) is 0 Å². The minimum Gasteiger partial charge on any atom is -0.380 e. The molecule has 1 heterocycles. The number of ether oxygens (including phenoxy) is 1. The molecule has 14 heavy (non-hydrogen) atoms. The number of hydrogen-bond acceptors (Lipinski definition) is 4. The number of nitrogens with one attached hydrogen (secondary N) is 1. The Labute approximate surface area is 85.9 Å². The SMILES string of the molecule is CCOCCNC1CCCS(=O)(=O)C1.